The summed E-state index contributed by atoms with van der Waals surface area (Å²) in [6, 6.07) is 17.6. The number of nitrogens with one attached hydrogen (secondary N) is 2. The molecule has 3 aromatic rings. The highest BCUT2D eigenvalue weighted by Gasteiger charge is 2.25. The number of anilines is 2. The van der Waals surface area contributed by atoms with Crippen molar-refractivity contribution in [1.29, 1.82) is 0 Å². The van der Waals surface area contributed by atoms with Crippen LogP contribution in [0.15, 0.2) is 66.7 Å². The van der Waals surface area contributed by atoms with Crippen molar-refractivity contribution < 1.29 is 18.7 Å². The number of carbonyl (C=O) groups is 2. The van der Waals surface area contributed by atoms with E-state index < -0.39 is 6.03 Å². The van der Waals surface area contributed by atoms with E-state index in [1.807, 2.05) is 12.1 Å². The molecular formula is C22H18FN3O3. The number of halogens is 1. The van der Waals surface area contributed by atoms with Crippen LogP contribution in [-0.2, 0) is 6.54 Å². The number of hydrogen-bond donors (Lipinski definition) is 2. The van der Waals surface area contributed by atoms with Gasteiger partial charge in [0.05, 0.1) is 11.3 Å². The molecule has 0 aliphatic carbocycles. The number of benzene rings is 3. The van der Waals surface area contributed by atoms with Gasteiger partial charge in [0.1, 0.15) is 11.6 Å². The van der Waals surface area contributed by atoms with Crippen molar-refractivity contribution in [2.24, 2.45) is 0 Å². The minimum absolute atomic E-state index is 0.236. The summed E-state index contributed by atoms with van der Waals surface area (Å²) in [6.45, 7) is 0.247. The summed E-state index contributed by atoms with van der Waals surface area (Å²) in [6.07, 6.45) is 0. The molecule has 6 nitrogen and oxygen atoms in total. The van der Waals surface area contributed by atoms with E-state index >= 15 is 0 Å². The molecule has 0 spiro atoms. The van der Waals surface area contributed by atoms with Gasteiger partial charge >= 0.3 is 6.03 Å². The Morgan fingerprint density at radius 2 is 1.79 bits per heavy atom. The molecule has 146 valence electrons. The van der Waals surface area contributed by atoms with Crippen LogP contribution in [0.3, 0.4) is 0 Å². The van der Waals surface area contributed by atoms with Crippen LogP contribution in [0, 0.1) is 5.82 Å². The molecule has 0 atom stereocenters. The Hall–Kier alpha value is -3.87. The lowest BCUT2D eigenvalue weighted by Crippen LogP contribution is -2.28. The average Bonchev–Trinajstić information content (AvgIpc) is 2.83. The Bertz CT molecular complexity index is 1080. The summed E-state index contributed by atoms with van der Waals surface area (Å²) in [5.74, 6) is 0.437. The van der Waals surface area contributed by atoms with E-state index in [9.17, 15) is 14.0 Å². The summed E-state index contributed by atoms with van der Waals surface area (Å²) >= 11 is 0. The van der Waals surface area contributed by atoms with Crippen LogP contribution in [0.2, 0.25) is 0 Å². The fourth-order valence-corrected chi connectivity index (χ4v) is 3.05. The van der Waals surface area contributed by atoms with Gasteiger partial charge < -0.3 is 20.3 Å². The highest BCUT2D eigenvalue weighted by molar-refractivity contribution is 6.10. The first-order chi connectivity index (χ1) is 14.0. The largest absolute Gasteiger partial charge is 0.454 e. The summed E-state index contributed by atoms with van der Waals surface area (Å²) in [5.41, 5.74) is 2.24. The quantitative estimate of drug-likeness (QED) is 0.689. The molecule has 2 N–H and O–H groups in total. The van der Waals surface area contributed by atoms with Crippen molar-refractivity contribution in [3.8, 4) is 11.5 Å². The third kappa shape index (κ3) is 3.89. The van der Waals surface area contributed by atoms with Gasteiger partial charge in [0, 0.05) is 19.3 Å². The van der Waals surface area contributed by atoms with Crippen LogP contribution in [0.4, 0.5) is 20.6 Å². The molecular weight excluding hydrogens is 373 g/mol. The smallest absolute Gasteiger partial charge is 0.319 e. The van der Waals surface area contributed by atoms with Crippen molar-refractivity contribution in [3.05, 3.63) is 83.7 Å². The maximum atomic E-state index is 12.9. The van der Waals surface area contributed by atoms with Gasteiger partial charge in [-0.05, 0) is 48.0 Å². The number of para-hydroxylation sites is 2. The number of hydrogen-bond acceptors (Lipinski definition) is 3. The van der Waals surface area contributed by atoms with E-state index in [1.165, 1.54) is 17.0 Å². The van der Waals surface area contributed by atoms with Crippen LogP contribution < -0.4 is 20.3 Å². The molecule has 0 fully saturated rings. The summed E-state index contributed by atoms with van der Waals surface area (Å²) in [5, 5.41) is 5.39. The number of nitrogens with zero attached hydrogens (tertiary/aromatic N) is 1. The van der Waals surface area contributed by atoms with Gasteiger partial charge in [-0.3, -0.25) is 4.79 Å². The van der Waals surface area contributed by atoms with Gasteiger partial charge in [-0.25, -0.2) is 9.18 Å². The Labute approximate surface area is 166 Å². The predicted molar refractivity (Wildman–Crippen MR) is 108 cm³/mol. The van der Waals surface area contributed by atoms with E-state index in [-0.39, 0.29) is 18.3 Å². The lowest BCUT2D eigenvalue weighted by atomic mass is 10.1. The van der Waals surface area contributed by atoms with Crippen molar-refractivity contribution in [2.75, 3.05) is 17.3 Å². The maximum Gasteiger partial charge on any atom is 0.319 e. The first kappa shape index (κ1) is 18.5. The van der Waals surface area contributed by atoms with Crippen LogP contribution in [-0.4, -0.2) is 19.0 Å². The molecule has 1 aliphatic heterocycles. The number of urea groups is 1. The number of ether oxygens (including phenoxy) is 1. The average molecular weight is 391 g/mol. The molecule has 7 heteroatoms. The first-order valence-corrected chi connectivity index (χ1v) is 8.99. The van der Waals surface area contributed by atoms with Crippen molar-refractivity contribution in [2.45, 2.75) is 6.54 Å². The van der Waals surface area contributed by atoms with E-state index in [2.05, 4.69) is 10.6 Å². The van der Waals surface area contributed by atoms with Gasteiger partial charge in [0.2, 0.25) is 0 Å². The highest BCUT2D eigenvalue weighted by atomic mass is 19.1. The molecule has 1 heterocycles. The van der Waals surface area contributed by atoms with E-state index in [0.717, 1.165) is 5.56 Å². The highest BCUT2D eigenvalue weighted by Crippen LogP contribution is 2.38. The summed E-state index contributed by atoms with van der Waals surface area (Å²) in [7, 11) is 1.68. The van der Waals surface area contributed by atoms with Gasteiger partial charge in [-0.15, -0.1) is 0 Å². The second-order valence-electron chi connectivity index (χ2n) is 6.58. The summed E-state index contributed by atoms with van der Waals surface area (Å²) in [4.78, 5) is 26.6. The zero-order valence-electron chi connectivity index (χ0n) is 15.6. The number of amides is 3. The predicted octanol–water partition coefficient (Wildman–Crippen LogP) is 4.53. The number of rotatable bonds is 3. The Morgan fingerprint density at radius 3 is 2.59 bits per heavy atom. The van der Waals surface area contributed by atoms with E-state index in [0.29, 0.717) is 28.4 Å². The zero-order chi connectivity index (χ0) is 20.4. The third-order valence-corrected chi connectivity index (χ3v) is 4.59. The van der Waals surface area contributed by atoms with Crippen molar-refractivity contribution >= 4 is 23.3 Å². The van der Waals surface area contributed by atoms with Gasteiger partial charge in [0.15, 0.2) is 5.75 Å². The molecule has 3 aromatic carbocycles. The van der Waals surface area contributed by atoms with Crippen LogP contribution in [0.1, 0.15) is 15.9 Å². The van der Waals surface area contributed by atoms with Crippen molar-refractivity contribution in [1.82, 2.24) is 5.32 Å². The molecule has 29 heavy (non-hydrogen) atoms. The van der Waals surface area contributed by atoms with Crippen LogP contribution >= 0.6 is 0 Å². The van der Waals surface area contributed by atoms with Crippen LogP contribution in [0.5, 0.6) is 11.5 Å². The zero-order valence-corrected chi connectivity index (χ0v) is 15.6. The minimum Gasteiger partial charge on any atom is -0.454 e. The first-order valence-electron chi connectivity index (χ1n) is 8.99. The van der Waals surface area contributed by atoms with Crippen LogP contribution in [0.25, 0.3) is 0 Å². The molecule has 3 amide bonds. The Balaban J connectivity index is 1.49. The second kappa shape index (κ2) is 7.63. The standard InChI is InChI=1S/C22H18FN3O3/c1-26-18-4-2-3-5-20(18)29-19-11-10-16(12-17(19)21(26)27)25-22(28)24-13-14-6-8-15(23)9-7-14/h2-12H,13H2,1H3,(H2,24,25,28). The fourth-order valence-electron chi connectivity index (χ4n) is 3.05. The molecule has 0 radical (unpaired) electrons. The lowest BCUT2D eigenvalue weighted by molar-refractivity contribution is 0.0993. The van der Waals surface area contributed by atoms with E-state index in [1.54, 1.807) is 49.5 Å². The Morgan fingerprint density at radius 1 is 1.03 bits per heavy atom. The van der Waals surface area contributed by atoms with Gasteiger partial charge in [-0.2, -0.15) is 0 Å². The lowest BCUT2D eigenvalue weighted by Gasteiger charge is -2.16. The molecule has 0 saturated carbocycles. The minimum atomic E-state index is -0.437. The maximum absolute atomic E-state index is 12.9. The molecule has 1 aliphatic rings. The molecule has 4 rings (SSSR count). The summed E-state index contributed by atoms with van der Waals surface area (Å²) < 4.78 is 18.8. The topological polar surface area (TPSA) is 70.7 Å². The third-order valence-electron chi connectivity index (χ3n) is 4.59. The SMILES string of the molecule is CN1C(=O)c2cc(NC(=O)NCc3ccc(F)cc3)ccc2Oc2ccccc21. The van der Waals surface area contributed by atoms with E-state index in [4.69, 9.17) is 4.74 Å². The normalized spacial score (nSPS) is 12.3. The fraction of sp³-hybridized carbons (Fsp3) is 0.0909. The number of carbonyl (C=O) groups excluding carboxylic acids is 2. The molecule has 0 unspecified atom stereocenters. The second-order valence-corrected chi connectivity index (χ2v) is 6.58. The molecule has 0 bridgehead atoms. The monoisotopic (exact) mass is 391 g/mol. The number of fused-ring (bicyclic) bond motifs is 2. The van der Waals surface area contributed by atoms with Crippen molar-refractivity contribution in [3.63, 3.8) is 0 Å². The van der Waals surface area contributed by atoms with Gasteiger partial charge in [-0.1, -0.05) is 24.3 Å². The van der Waals surface area contributed by atoms with Gasteiger partial charge in [0.25, 0.3) is 5.91 Å². The molecule has 0 saturated heterocycles. The molecule has 0 aromatic heterocycles. The Kier molecular flexibility index (Phi) is 4.87.